The predicted molar refractivity (Wildman–Crippen MR) is 95.0 cm³/mol. The Morgan fingerprint density at radius 1 is 0.885 bits per heavy atom. The first kappa shape index (κ1) is 19.0. The summed E-state index contributed by atoms with van der Waals surface area (Å²) in [4.78, 5) is 0.965. The fourth-order valence-electron chi connectivity index (χ4n) is 3.36. The van der Waals surface area contributed by atoms with E-state index in [-0.39, 0.29) is 13.2 Å². The van der Waals surface area contributed by atoms with Crippen LogP contribution < -0.4 is 4.90 Å². The van der Waals surface area contributed by atoms with Crippen molar-refractivity contribution in [1.29, 1.82) is 0 Å². The van der Waals surface area contributed by atoms with Crippen molar-refractivity contribution in [2.45, 2.75) is 37.2 Å². The normalized spacial score (nSPS) is 29.0. The minimum Gasteiger partial charge on any atom is -0.388 e. The van der Waals surface area contributed by atoms with Crippen molar-refractivity contribution in [2.75, 3.05) is 13.2 Å². The molecule has 0 amide bonds. The van der Waals surface area contributed by atoms with E-state index in [2.05, 4.69) is 0 Å². The van der Waals surface area contributed by atoms with Crippen molar-refractivity contribution in [2.24, 2.45) is 0 Å². The van der Waals surface area contributed by atoms with Crippen LogP contribution in [0.2, 0.25) is 0 Å². The summed E-state index contributed by atoms with van der Waals surface area (Å²) in [6, 6.07) is 19.7. The van der Waals surface area contributed by atoms with E-state index in [1.165, 1.54) is 0 Å². The monoisotopic (exact) mass is 360 g/mol. The average molecular weight is 360 g/mol. The first-order valence-corrected chi connectivity index (χ1v) is 8.80. The fourth-order valence-corrected chi connectivity index (χ4v) is 3.36. The van der Waals surface area contributed by atoms with Gasteiger partial charge in [-0.2, -0.15) is 0 Å². The Hall–Kier alpha value is -1.80. The molecule has 6 heteroatoms. The zero-order chi connectivity index (χ0) is 18.6. The van der Waals surface area contributed by atoms with Crippen LogP contribution >= 0.6 is 0 Å². The topological polar surface area (TPSA) is 94.6 Å². The van der Waals surface area contributed by atoms with Gasteiger partial charge in [-0.25, -0.2) is 0 Å². The summed E-state index contributed by atoms with van der Waals surface area (Å²) >= 11 is 0. The Kier molecular flexibility index (Phi) is 6.03. The van der Waals surface area contributed by atoms with Crippen LogP contribution in [0.15, 0.2) is 60.7 Å². The SMILES string of the molecule is O[C@@H]1[C@H](O)CO[C@](O)(C[NH+](Cc2ccccc2)Cc2ccccc2)[C@@H]1O. The van der Waals surface area contributed by atoms with Gasteiger partial charge in [-0.15, -0.1) is 0 Å². The van der Waals surface area contributed by atoms with Crippen molar-refractivity contribution < 1.29 is 30.1 Å². The van der Waals surface area contributed by atoms with Crippen LogP contribution in [0.25, 0.3) is 0 Å². The van der Waals surface area contributed by atoms with E-state index >= 15 is 0 Å². The van der Waals surface area contributed by atoms with Crippen molar-refractivity contribution in [3.05, 3.63) is 71.8 Å². The largest absolute Gasteiger partial charge is 0.388 e. The highest BCUT2D eigenvalue weighted by Crippen LogP contribution is 2.22. The Bertz CT molecular complexity index is 642. The molecule has 26 heavy (non-hydrogen) atoms. The van der Waals surface area contributed by atoms with Gasteiger partial charge in [0.15, 0.2) is 0 Å². The summed E-state index contributed by atoms with van der Waals surface area (Å²) < 4.78 is 5.34. The maximum atomic E-state index is 10.8. The molecule has 0 radical (unpaired) electrons. The third-order valence-corrected chi connectivity index (χ3v) is 4.78. The maximum absolute atomic E-state index is 10.8. The highest BCUT2D eigenvalue weighted by molar-refractivity contribution is 5.15. The molecule has 1 saturated heterocycles. The van der Waals surface area contributed by atoms with Crippen LogP contribution in [0.5, 0.6) is 0 Å². The van der Waals surface area contributed by atoms with Gasteiger partial charge in [0.1, 0.15) is 37.9 Å². The summed E-state index contributed by atoms with van der Waals surface area (Å²) in [5.41, 5.74) is 2.18. The molecule has 0 aromatic heterocycles. The van der Waals surface area contributed by atoms with Gasteiger partial charge in [-0.3, -0.25) is 0 Å². The van der Waals surface area contributed by atoms with Gasteiger partial charge in [0.2, 0.25) is 5.79 Å². The molecule has 1 aliphatic rings. The maximum Gasteiger partial charge on any atom is 0.245 e. The molecule has 2 aromatic carbocycles. The minimum absolute atomic E-state index is 0.0712. The number of nitrogens with one attached hydrogen (secondary N) is 1. The first-order valence-electron chi connectivity index (χ1n) is 8.80. The van der Waals surface area contributed by atoms with Gasteiger partial charge in [0.25, 0.3) is 0 Å². The Morgan fingerprint density at radius 2 is 1.38 bits per heavy atom. The van der Waals surface area contributed by atoms with Crippen LogP contribution in [0.4, 0.5) is 0 Å². The van der Waals surface area contributed by atoms with E-state index in [0.717, 1.165) is 16.0 Å². The van der Waals surface area contributed by atoms with Gasteiger partial charge in [0.05, 0.1) is 6.61 Å². The minimum atomic E-state index is -1.92. The molecule has 0 saturated carbocycles. The number of aliphatic hydroxyl groups is 4. The van der Waals surface area contributed by atoms with Crippen molar-refractivity contribution in [1.82, 2.24) is 0 Å². The summed E-state index contributed by atoms with van der Waals surface area (Å²) in [5, 5.41) is 40.6. The zero-order valence-electron chi connectivity index (χ0n) is 14.5. The quantitative estimate of drug-likeness (QED) is 0.459. The molecule has 4 atom stereocenters. The van der Waals surface area contributed by atoms with E-state index < -0.39 is 24.1 Å². The molecule has 1 heterocycles. The van der Waals surface area contributed by atoms with Gasteiger partial charge in [-0.1, -0.05) is 60.7 Å². The fraction of sp³-hybridized carbons (Fsp3) is 0.400. The number of ether oxygens (including phenoxy) is 1. The van der Waals surface area contributed by atoms with Crippen LogP contribution in [0.3, 0.4) is 0 Å². The molecule has 0 unspecified atom stereocenters. The second kappa shape index (κ2) is 8.26. The van der Waals surface area contributed by atoms with Crippen molar-refractivity contribution >= 4 is 0 Å². The summed E-state index contributed by atoms with van der Waals surface area (Å²) in [6.07, 6.45) is -4.23. The Morgan fingerprint density at radius 3 is 1.88 bits per heavy atom. The van der Waals surface area contributed by atoms with Crippen LogP contribution in [-0.4, -0.2) is 57.7 Å². The number of hydrogen-bond donors (Lipinski definition) is 5. The highest BCUT2D eigenvalue weighted by Gasteiger charge is 2.51. The molecule has 0 bridgehead atoms. The molecule has 1 aliphatic heterocycles. The lowest BCUT2D eigenvalue weighted by Crippen LogP contribution is -3.12. The third-order valence-electron chi connectivity index (χ3n) is 4.78. The second-order valence-corrected chi connectivity index (χ2v) is 6.91. The van der Waals surface area contributed by atoms with Gasteiger partial charge in [-0.05, 0) is 0 Å². The molecule has 0 aliphatic carbocycles. The Labute approximate surface area is 152 Å². The van der Waals surface area contributed by atoms with Crippen molar-refractivity contribution in [3.63, 3.8) is 0 Å². The number of quaternary nitrogens is 1. The third kappa shape index (κ3) is 4.48. The summed E-state index contributed by atoms with van der Waals surface area (Å²) in [7, 11) is 0. The number of hydrogen-bond acceptors (Lipinski definition) is 5. The lowest BCUT2D eigenvalue weighted by molar-refractivity contribution is -0.938. The molecule has 2 aromatic rings. The van der Waals surface area contributed by atoms with E-state index in [4.69, 9.17) is 4.74 Å². The highest BCUT2D eigenvalue weighted by atomic mass is 16.6. The smallest absolute Gasteiger partial charge is 0.245 e. The van der Waals surface area contributed by atoms with Crippen LogP contribution in [0.1, 0.15) is 11.1 Å². The molecule has 5 N–H and O–H groups in total. The molecule has 6 nitrogen and oxygen atoms in total. The summed E-state index contributed by atoms with van der Waals surface area (Å²) in [5.74, 6) is -1.92. The number of aliphatic hydroxyl groups excluding tert-OH is 3. The molecule has 0 spiro atoms. The van der Waals surface area contributed by atoms with E-state index in [1.54, 1.807) is 0 Å². The summed E-state index contributed by atoms with van der Waals surface area (Å²) in [6.45, 7) is 1.08. The van der Waals surface area contributed by atoms with Crippen LogP contribution in [0, 0.1) is 0 Å². The molecular formula is C20H26NO5+. The lowest BCUT2D eigenvalue weighted by atomic mass is 9.96. The van der Waals surface area contributed by atoms with E-state index in [0.29, 0.717) is 13.1 Å². The zero-order valence-corrected chi connectivity index (χ0v) is 14.5. The van der Waals surface area contributed by atoms with Gasteiger partial charge < -0.3 is 30.1 Å². The molecular weight excluding hydrogens is 334 g/mol. The predicted octanol–water partition coefficient (Wildman–Crippen LogP) is -0.927. The lowest BCUT2D eigenvalue weighted by Gasteiger charge is -2.42. The van der Waals surface area contributed by atoms with Crippen LogP contribution in [-0.2, 0) is 17.8 Å². The van der Waals surface area contributed by atoms with E-state index in [1.807, 2.05) is 60.7 Å². The van der Waals surface area contributed by atoms with Crippen molar-refractivity contribution in [3.8, 4) is 0 Å². The molecule has 140 valence electrons. The Balaban J connectivity index is 1.78. The van der Waals surface area contributed by atoms with Gasteiger partial charge in [0, 0.05) is 11.1 Å². The van der Waals surface area contributed by atoms with E-state index in [9.17, 15) is 20.4 Å². The molecule has 3 rings (SSSR count). The second-order valence-electron chi connectivity index (χ2n) is 6.91. The van der Waals surface area contributed by atoms with Gasteiger partial charge >= 0.3 is 0 Å². The number of benzene rings is 2. The number of rotatable bonds is 6. The standard InChI is InChI=1S/C20H25NO5/c22-17-13-26-20(25,19(24)18(17)23)14-21(11-15-7-3-1-4-8-15)12-16-9-5-2-6-10-16/h1-10,17-19,22-25H,11-14H2/p+1/t17-,18-,19-,20-/m1/s1. The average Bonchev–Trinajstić information content (AvgIpc) is 2.65. The first-order chi connectivity index (χ1) is 12.5. The molecule has 1 fully saturated rings.